The van der Waals surface area contributed by atoms with Crippen LogP contribution in [0.15, 0.2) is 0 Å². The van der Waals surface area contributed by atoms with Crippen molar-refractivity contribution >= 4 is 10.1 Å². The Kier molecular flexibility index (Phi) is 10.3. The van der Waals surface area contributed by atoms with E-state index in [2.05, 4.69) is 18.7 Å². The van der Waals surface area contributed by atoms with Crippen LogP contribution in [0, 0.1) is 0 Å². The third-order valence-electron chi connectivity index (χ3n) is 3.73. The van der Waals surface area contributed by atoms with Gasteiger partial charge in [0.15, 0.2) is 0 Å². The van der Waals surface area contributed by atoms with Crippen LogP contribution in [0.25, 0.3) is 0 Å². The second kappa shape index (κ2) is 10.4. The van der Waals surface area contributed by atoms with E-state index >= 15 is 0 Å². The van der Waals surface area contributed by atoms with E-state index in [0.29, 0.717) is 0 Å². The van der Waals surface area contributed by atoms with Crippen LogP contribution < -0.4 is 0 Å². The fourth-order valence-electron chi connectivity index (χ4n) is 2.52. The number of rotatable bonds is 7. The standard InChI is InChI=1S/C13H27N.CHF3O3S/c1-3-5-7-11-14-12-8-10-13(14)9-6-4-2;2-1(3,4)8(5,6)7/h13H,3-12H2,1-2H3;(H,5,6,7). The van der Waals surface area contributed by atoms with Gasteiger partial charge in [-0.1, -0.05) is 39.5 Å². The summed E-state index contributed by atoms with van der Waals surface area (Å²) in [5, 5.41) is 0. The summed E-state index contributed by atoms with van der Waals surface area (Å²) in [5.74, 6) is 0. The fourth-order valence-corrected chi connectivity index (χ4v) is 2.52. The molecule has 1 N–H and O–H groups in total. The van der Waals surface area contributed by atoms with E-state index in [4.69, 9.17) is 13.0 Å². The van der Waals surface area contributed by atoms with Gasteiger partial charge in [0, 0.05) is 6.04 Å². The molecule has 0 aromatic heterocycles. The van der Waals surface area contributed by atoms with Gasteiger partial charge < -0.3 is 4.90 Å². The molecule has 0 aromatic rings. The van der Waals surface area contributed by atoms with Crippen molar-refractivity contribution in [2.24, 2.45) is 0 Å². The minimum atomic E-state index is -5.84. The minimum absolute atomic E-state index is 0.937. The minimum Gasteiger partial charge on any atom is -0.300 e. The summed E-state index contributed by atoms with van der Waals surface area (Å²) in [5.41, 5.74) is -5.53. The predicted octanol–water partition coefficient (Wildman–Crippen LogP) is 4.23. The maximum Gasteiger partial charge on any atom is 0.522 e. The zero-order valence-electron chi connectivity index (χ0n) is 13.4. The largest absolute Gasteiger partial charge is 0.522 e. The van der Waals surface area contributed by atoms with Crippen molar-refractivity contribution < 1.29 is 26.1 Å². The average molecular weight is 347 g/mol. The van der Waals surface area contributed by atoms with Crippen molar-refractivity contribution in [3.05, 3.63) is 0 Å². The molecule has 1 heterocycles. The molecule has 4 nitrogen and oxygen atoms in total. The number of unbranched alkanes of at least 4 members (excludes halogenated alkanes) is 3. The first-order chi connectivity index (χ1) is 10.1. The average Bonchev–Trinajstić information content (AvgIpc) is 2.82. The van der Waals surface area contributed by atoms with Crippen LogP contribution in [0.5, 0.6) is 0 Å². The van der Waals surface area contributed by atoms with Gasteiger partial charge in [-0.15, -0.1) is 0 Å². The Balaban J connectivity index is 0.000000472. The second-order valence-electron chi connectivity index (χ2n) is 5.60. The topological polar surface area (TPSA) is 57.6 Å². The highest BCUT2D eigenvalue weighted by atomic mass is 32.2. The summed E-state index contributed by atoms with van der Waals surface area (Å²) < 4.78 is 57.5. The number of hydrogen-bond acceptors (Lipinski definition) is 3. The number of nitrogens with zero attached hydrogens (tertiary/aromatic N) is 1. The van der Waals surface area contributed by atoms with Crippen molar-refractivity contribution in [3.8, 4) is 0 Å². The number of hydrogen-bond donors (Lipinski definition) is 1. The van der Waals surface area contributed by atoms with Crippen LogP contribution in [0.3, 0.4) is 0 Å². The number of alkyl halides is 3. The van der Waals surface area contributed by atoms with E-state index in [9.17, 15) is 13.2 Å². The summed E-state index contributed by atoms with van der Waals surface area (Å²) in [7, 11) is -5.84. The zero-order valence-corrected chi connectivity index (χ0v) is 14.2. The van der Waals surface area contributed by atoms with E-state index in [1.807, 2.05) is 0 Å². The van der Waals surface area contributed by atoms with Gasteiger partial charge in [-0.2, -0.15) is 21.6 Å². The molecule has 22 heavy (non-hydrogen) atoms. The molecule has 0 aliphatic carbocycles. The molecule has 0 amide bonds. The van der Waals surface area contributed by atoms with Crippen molar-refractivity contribution in [2.45, 2.75) is 76.8 Å². The maximum absolute atomic E-state index is 10.7. The molecule has 1 aliphatic rings. The molecule has 1 atom stereocenters. The van der Waals surface area contributed by atoms with E-state index < -0.39 is 15.6 Å². The predicted molar refractivity (Wildman–Crippen MR) is 81.2 cm³/mol. The van der Waals surface area contributed by atoms with Gasteiger partial charge in [0.25, 0.3) is 0 Å². The lowest BCUT2D eigenvalue weighted by Crippen LogP contribution is -2.30. The lowest BCUT2D eigenvalue weighted by atomic mass is 10.1. The van der Waals surface area contributed by atoms with Gasteiger partial charge in [0.2, 0.25) is 0 Å². The summed E-state index contributed by atoms with van der Waals surface area (Å²) in [4.78, 5) is 2.74. The molecular weight excluding hydrogens is 319 g/mol. The van der Waals surface area contributed by atoms with Crippen LogP contribution in [-0.4, -0.2) is 42.5 Å². The summed E-state index contributed by atoms with van der Waals surface area (Å²) >= 11 is 0. The van der Waals surface area contributed by atoms with Crippen molar-refractivity contribution in [1.82, 2.24) is 4.90 Å². The van der Waals surface area contributed by atoms with Crippen LogP contribution in [0.1, 0.15) is 65.2 Å². The molecule has 8 heteroatoms. The fraction of sp³-hybridized carbons (Fsp3) is 1.00. The Labute approximate surface area is 131 Å². The molecule has 0 radical (unpaired) electrons. The Morgan fingerprint density at radius 1 is 1.14 bits per heavy atom. The quantitative estimate of drug-likeness (QED) is 0.425. The maximum atomic E-state index is 10.7. The molecule has 1 rings (SSSR count). The summed E-state index contributed by atoms with van der Waals surface area (Å²) in [6.45, 7) is 7.33. The molecule has 0 spiro atoms. The van der Waals surface area contributed by atoms with E-state index in [1.54, 1.807) is 0 Å². The van der Waals surface area contributed by atoms with E-state index in [-0.39, 0.29) is 0 Å². The summed E-state index contributed by atoms with van der Waals surface area (Å²) in [6.07, 6.45) is 11.3. The molecular formula is C14H28F3NO3S. The molecule has 0 saturated carbocycles. The van der Waals surface area contributed by atoms with E-state index in [0.717, 1.165) is 6.04 Å². The lowest BCUT2D eigenvalue weighted by molar-refractivity contribution is -0.0510. The van der Waals surface area contributed by atoms with Gasteiger partial charge >= 0.3 is 15.6 Å². The third-order valence-corrected chi connectivity index (χ3v) is 4.32. The SMILES string of the molecule is CCCCCN1CCCC1CCCC.O=S(=O)(O)C(F)(F)F. The van der Waals surface area contributed by atoms with Gasteiger partial charge in [-0.25, -0.2) is 0 Å². The van der Waals surface area contributed by atoms with Gasteiger partial charge in [-0.3, -0.25) is 4.55 Å². The van der Waals surface area contributed by atoms with Crippen molar-refractivity contribution in [2.75, 3.05) is 13.1 Å². The van der Waals surface area contributed by atoms with Gasteiger partial charge in [-0.05, 0) is 38.8 Å². The summed E-state index contributed by atoms with van der Waals surface area (Å²) in [6, 6.07) is 0.937. The van der Waals surface area contributed by atoms with Gasteiger partial charge in [0.05, 0.1) is 0 Å². The molecule has 1 aliphatic heterocycles. The third kappa shape index (κ3) is 8.95. The van der Waals surface area contributed by atoms with Gasteiger partial charge in [0.1, 0.15) is 0 Å². The van der Waals surface area contributed by atoms with Crippen LogP contribution in [0.4, 0.5) is 13.2 Å². The van der Waals surface area contributed by atoms with Crippen LogP contribution in [-0.2, 0) is 10.1 Å². The molecule has 1 fully saturated rings. The zero-order chi connectivity index (χ0) is 17.2. The second-order valence-corrected chi connectivity index (χ2v) is 7.02. The van der Waals surface area contributed by atoms with Crippen LogP contribution in [0.2, 0.25) is 0 Å². The van der Waals surface area contributed by atoms with Crippen molar-refractivity contribution in [1.29, 1.82) is 0 Å². The highest BCUT2D eigenvalue weighted by molar-refractivity contribution is 7.86. The first-order valence-corrected chi connectivity index (χ1v) is 9.35. The highest BCUT2D eigenvalue weighted by Crippen LogP contribution is 2.22. The number of halogens is 3. The molecule has 0 bridgehead atoms. The Hall–Kier alpha value is -0.340. The van der Waals surface area contributed by atoms with Crippen molar-refractivity contribution in [3.63, 3.8) is 0 Å². The Bertz CT molecular complexity index is 385. The molecule has 1 unspecified atom stereocenters. The molecule has 134 valence electrons. The molecule has 1 saturated heterocycles. The Morgan fingerprint density at radius 3 is 2.14 bits per heavy atom. The lowest BCUT2D eigenvalue weighted by Gasteiger charge is -2.24. The monoisotopic (exact) mass is 347 g/mol. The van der Waals surface area contributed by atoms with Crippen LogP contribution >= 0.6 is 0 Å². The highest BCUT2D eigenvalue weighted by Gasteiger charge is 2.44. The first kappa shape index (κ1) is 21.7. The van der Waals surface area contributed by atoms with E-state index in [1.165, 1.54) is 64.5 Å². The normalized spacial score (nSPS) is 19.8. The molecule has 0 aromatic carbocycles. The first-order valence-electron chi connectivity index (χ1n) is 7.91. The number of likely N-dealkylation sites (tertiary alicyclic amines) is 1. The smallest absolute Gasteiger partial charge is 0.300 e. The Morgan fingerprint density at radius 2 is 1.68 bits per heavy atom.